The number of aliphatic hydroxyl groups is 1. The van der Waals surface area contributed by atoms with Gasteiger partial charge in [0, 0.05) is 31.3 Å². The van der Waals surface area contributed by atoms with Crippen molar-refractivity contribution >= 4 is 18.3 Å². The number of aliphatic hydroxyl groups excluding tert-OH is 1. The molecule has 0 unspecified atom stereocenters. The molecule has 2 atom stereocenters. The summed E-state index contributed by atoms with van der Waals surface area (Å²) < 4.78 is 33.4. The standard InChI is InChI=1S/C34H39F2N3O3.ClH/c1-4-24-7-5-8-25(13-24)19-37-20-33(40)32(17-26-15-29(35)18-30(36)16-26)38-34(41)28-12-23(2)11-27(14-28)21-39(3)22-31-9-6-10-42-31;/h5-16,18,32-33,37,40H,4,17,19-22H2,1-3H3,(H,38,41);1H/t32-,33+;/m0./s1. The van der Waals surface area contributed by atoms with Crippen molar-refractivity contribution in [2.24, 2.45) is 0 Å². The van der Waals surface area contributed by atoms with Crippen LogP contribution >= 0.6 is 12.4 Å². The fourth-order valence-electron chi connectivity index (χ4n) is 5.10. The zero-order valence-electron chi connectivity index (χ0n) is 24.8. The average Bonchev–Trinajstić information content (AvgIpc) is 3.44. The number of carbonyl (C=O) groups is 1. The van der Waals surface area contributed by atoms with Crippen molar-refractivity contribution in [2.75, 3.05) is 13.6 Å². The molecule has 4 rings (SSSR count). The number of furan rings is 1. The molecule has 1 aromatic heterocycles. The Balaban J connectivity index is 0.00000506. The molecule has 3 N–H and O–H groups in total. The largest absolute Gasteiger partial charge is 0.468 e. The summed E-state index contributed by atoms with van der Waals surface area (Å²) in [5, 5.41) is 17.3. The lowest BCUT2D eigenvalue weighted by Crippen LogP contribution is -2.48. The molecule has 9 heteroatoms. The molecule has 1 amide bonds. The summed E-state index contributed by atoms with van der Waals surface area (Å²) in [6, 6.07) is 20.0. The van der Waals surface area contributed by atoms with Gasteiger partial charge in [0.1, 0.15) is 17.4 Å². The molecule has 0 aliphatic heterocycles. The van der Waals surface area contributed by atoms with Crippen molar-refractivity contribution < 1.29 is 23.1 Å². The molecule has 230 valence electrons. The van der Waals surface area contributed by atoms with Gasteiger partial charge in [-0.1, -0.05) is 42.8 Å². The maximum absolute atomic E-state index is 14.0. The van der Waals surface area contributed by atoms with Crippen LogP contribution in [0.15, 0.2) is 83.5 Å². The average molecular weight is 612 g/mol. The van der Waals surface area contributed by atoms with E-state index in [2.05, 4.69) is 34.6 Å². The second-order valence-corrected chi connectivity index (χ2v) is 10.9. The lowest BCUT2D eigenvalue weighted by molar-refractivity contribution is 0.0829. The van der Waals surface area contributed by atoms with E-state index in [0.717, 1.165) is 34.9 Å². The van der Waals surface area contributed by atoms with Crippen LogP contribution in [0.1, 0.15) is 50.9 Å². The van der Waals surface area contributed by atoms with Crippen molar-refractivity contribution in [1.82, 2.24) is 15.5 Å². The SMILES string of the molecule is CCc1cccc(CNC[C@@H](O)[C@H](Cc2cc(F)cc(F)c2)NC(=O)c2cc(C)cc(CN(C)Cc3ccco3)c2)c1.Cl. The number of aryl methyl sites for hydroxylation is 2. The number of hydrogen-bond acceptors (Lipinski definition) is 5. The lowest BCUT2D eigenvalue weighted by Gasteiger charge is -2.25. The Labute approximate surface area is 258 Å². The van der Waals surface area contributed by atoms with Gasteiger partial charge in [-0.15, -0.1) is 12.4 Å². The monoisotopic (exact) mass is 611 g/mol. The Morgan fingerprint density at radius 3 is 2.37 bits per heavy atom. The first kappa shape index (κ1) is 33.9. The number of amides is 1. The summed E-state index contributed by atoms with van der Waals surface area (Å²) in [5.74, 6) is -0.938. The van der Waals surface area contributed by atoms with Gasteiger partial charge in [-0.25, -0.2) is 8.78 Å². The zero-order valence-corrected chi connectivity index (χ0v) is 25.6. The van der Waals surface area contributed by atoms with Gasteiger partial charge >= 0.3 is 0 Å². The highest BCUT2D eigenvalue weighted by atomic mass is 35.5. The van der Waals surface area contributed by atoms with E-state index in [9.17, 15) is 18.7 Å². The molecule has 0 saturated carbocycles. The molecule has 0 spiro atoms. The van der Waals surface area contributed by atoms with Crippen molar-refractivity contribution in [3.63, 3.8) is 0 Å². The van der Waals surface area contributed by atoms with Crippen LogP contribution in [0.5, 0.6) is 0 Å². The number of carbonyl (C=O) groups excluding carboxylic acids is 1. The quantitative estimate of drug-likeness (QED) is 0.164. The summed E-state index contributed by atoms with van der Waals surface area (Å²) in [5.41, 5.74) is 4.97. The van der Waals surface area contributed by atoms with Gasteiger partial charge in [-0.2, -0.15) is 0 Å². The third kappa shape index (κ3) is 10.6. The van der Waals surface area contributed by atoms with E-state index in [0.29, 0.717) is 30.8 Å². The number of halogens is 3. The van der Waals surface area contributed by atoms with E-state index >= 15 is 0 Å². The van der Waals surface area contributed by atoms with E-state index in [-0.39, 0.29) is 31.3 Å². The molecule has 43 heavy (non-hydrogen) atoms. The fourth-order valence-corrected chi connectivity index (χ4v) is 5.10. The maximum Gasteiger partial charge on any atom is 0.251 e. The number of nitrogens with one attached hydrogen (secondary N) is 2. The Hall–Kier alpha value is -3.56. The van der Waals surface area contributed by atoms with Crippen molar-refractivity contribution in [3.05, 3.63) is 130 Å². The van der Waals surface area contributed by atoms with Gasteiger partial charge in [-0.3, -0.25) is 9.69 Å². The lowest BCUT2D eigenvalue weighted by atomic mass is 9.99. The van der Waals surface area contributed by atoms with Crippen LogP contribution in [0.25, 0.3) is 0 Å². The van der Waals surface area contributed by atoms with E-state index in [1.807, 2.05) is 50.4 Å². The molecule has 0 fully saturated rings. The molecule has 3 aromatic carbocycles. The molecule has 1 heterocycles. The first-order valence-corrected chi connectivity index (χ1v) is 14.2. The summed E-state index contributed by atoms with van der Waals surface area (Å²) in [6.07, 6.45) is 1.61. The van der Waals surface area contributed by atoms with Gasteiger partial charge in [0.15, 0.2) is 0 Å². The molecule has 4 aromatic rings. The number of hydrogen-bond donors (Lipinski definition) is 3. The highest BCUT2D eigenvalue weighted by Crippen LogP contribution is 2.16. The third-order valence-corrected chi connectivity index (χ3v) is 7.10. The van der Waals surface area contributed by atoms with Crippen LogP contribution in [0.2, 0.25) is 0 Å². The molecule has 0 radical (unpaired) electrons. The molecule has 0 saturated heterocycles. The van der Waals surface area contributed by atoms with Crippen LogP contribution in [-0.4, -0.2) is 41.7 Å². The smallest absolute Gasteiger partial charge is 0.251 e. The highest BCUT2D eigenvalue weighted by Gasteiger charge is 2.23. The predicted molar refractivity (Wildman–Crippen MR) is 167 cm³/mol. The third-order valence-electron chi connectivity index (χ3n) is 7.10. The van der Waals surface area contributed by atoms with Gasteiger partial charge in [-0.05, 0) is 85.5 Å². The molecular weight excluding hydrogens is 572 g/mol. The molecule has 6 nitrogen and oxygen atoms in total. The second kappa shape index (κ2) is 16.3. The van der Waals surface area contributed by atoms with Crippen LogP contribution in [0.4, 0.5) is 8.78 Å². The Kier molecular flexibility index (Phi) is 12.9. The van der Waals surface area contributed by atoms with Crippen molar-refractivity contribution in [1.29, 1.82) is 0 Å². The first-order chi connectivity index (χ1) is 20.2. The van der Waals surface area contributed by atoms with Gasteiger partial charge in [0.25, 0.3) is 5.91 Å². The molecule has 0 aliphatic carbocycles. The normalized spacial score (nSPS) is 12.5. The summed E-state index contributed by atoms with van der Waals surface area (Å²) in [4.78, 5) is 15.6. The van der Waals surface area contributed by atoms with Crippen molar-refractivity contribution in [3.8, 4) is 0 Å². The predicted octanol–water partition coefficient (Wildman–Crippen LogP) is 5.97. The zero-order chi connectivity index (χ0) is 30.1. The van der Waals surface area contributed by atoms with Crippen LogP contribution < -0.4 is 10.6 Å². The minimum Gasteiger partial charge on any atom is -0.468 e. The van der Waals surface area contributed by atoms with Gasteiger partial charge < -0.3 is 20.2 Å². The summed E-state index contributed by atoms with van der Waals surface area (Å²) in [7, 11) is 1.97. The highest BCUT2D eigenvalue weighted by molar-refractivity contribution is 5.94. The second-order valence-electron chi connectivity index (χ2n) is 10.9. The van der Waals surface area contributed by atoms with Gasteiger partial charge in [0.05, 0.1) is 25.0 Å². The van der Waals surface area contributed by atoms with Crippen LogP contribution in [-0.2, 0) is 32.5 Å². The van der Waals surface area contributed by atoms with E-state index < -0.39 is 23.8 Å². The minimum absolute atomic E-state index is 0. The molecule has 0 bridgehead atoms. The summed E-state index contributed by atoms with van der Waals surface area (Å²) >= 11 is 0. The van der Waals surface area contributed by atoms with Crippen LogP contribution in [0, 0.1) is 18.6 Å². The van der Waals surface area contributed by atoms with E-state index in [4.69, 9.17) is 4.42 Å². The fraction of sp³-hybridized carbons (Fsp3) is 0.324. The van der Waals surface area contributed by atoms with Gasteiger partial charge in [0.2, 0.25) is 0 Å². The summed E-state index contributed by atoms with van der Waals surface area (Å²) in [6.45, 7) is 5.95. The molecule has 0 aliphatic rings. The van der Waals surface area contributed by atoms with Crippen molar-refractivity contribution in [2.45, 2.75) is 58.5 Å². The Bertz CT molecular complexity index is 1450. The number of benzene rings is 3. The van der Waals surface area contributed by atoms with E-state index in [1.165, 1.54) is 17.7 Å². The number of rotatable bonds is 14. The first-order valence-electron chi connectivity index (χ1n) is 14.2. The molecular formula is C34H40ClF2N3O3. The number of nitrogens with zero attached hydrogens (tertiary/aromatic N) is 1. The maximum atomic E-state index is 14.0. The Morgan fingerprint density at radius 1 is 0.930 bits per heavy atom. The Morgan fingerprint density at radius 2 is 1.67 bits per heavy atom. The minimum atomic E-state index is -1.02. The van der Waals surface area contributed by atoms with Crippen LogP contribution in [0.3, 0.4) is 0 Å². The van der Waals surface area contributed by atoms with E-state index in [1.54, 1.807) is 12.3 Å². The topological polar surface area (TPSA) is 77.7 Å².